The van der Waals surface area contributed by atoms with Gasteiger partial charge in [-0.1, -0.05) is 5.23 Å². The van der Waals surface area contributed by atoms with Gasteiger partial charge in [-0.15, -0.1) is 0 Å². The van der Waals surface area contributed by atoms with Crippen LogP contribution in [0.3, 0.4) is 0 Å². The maximum absolute atomic E-state index is 8.88. The Morgan fingerprint density at radius 1 is 1.30 bits per heavy atom. The zero-order valence-electron chi connectivity index (χ0n) is 5.25. The fraction of sp³-hybridized carbons (Fsp3) is 1.00. The zero-order valence-corrected chi connectivity index (χ0v) is 6.14. The van der Waals surface area contributed by atoms with Crippen LogP contribution in [0.15, 0.2) is 0 Å². The fourth-order valence-corrected chi connectivity index (χ4v) is 0. The molecule has 0 unspecified atom stereocenters. The Kier molecular flexibility index (Phi) is 7.27. The number of hydrogen-bond donors (Lipinski definition) is 5. The van der Waals surface area contributed by atoms with Crippen molar-refractivity contribution in [1.29, 1.82) is 0 Å². The van der Waals surface area contributed by atoms with Crippen LogP contribution in [0, 0.1) is 0 Å². The molecular weight excluding hydrogens is 165 g/mol. The third-order valence-corrected chi connectivity index (χ3v) is 0.283. The van der Waals surface area contributed by atoms with Crippen molar-refractivity contribution in [2.24, 2.45) is 0 Å². The van der Waals surface area contributed by atoms with E-state index in [0.717, 1.165) is 0 Å². The highest BCUT2D eigenvalue weighted by atomic mass is 31.2. The van der Waals surface area contributed by atoms with Crippen molar-refractivity contribution in [3.8, 4) is 0 Å². The summed E-state index contributed by atoms with van der Waals surface area (Å²) in [5.74, 6) is 0. The summed E-state index contributed by atoms with van der Waals surface area (Å²) in [6, 6.07) is 0. The lowest BCUT2D eigenvalue weighted by molar-refractivity contribution is -0.303. The van der Waals surface area contributed by atoms with Gasteiger partial charge in [-0.3, -0.25) is 10.4 Å². The van der Waals surface area contributed by atoms with Crippen molar-refractivity contribution in [3.63, 3.8) is 0 Å². The molecule has 0 saturated carbocycles. The van der Waals surface area contributed by atoms with Gasteiger partial charge in [0, 0.05) is 6.54 Å². The second kappa shape index (κ2) is 5.75. The predicted molar refractivity (Wildman–Crippen MR) is 30.2 cm³/mol. The minimum Gasteiger partial charge on any atom is -0.303 e. The van der Waals surface area contributed by atoms with Crippen molar-refractivity contribution < 1.29 is 29.7 Å². The van der Waals surface area contributed by atoms with E-state index in [1.807, 2.05) is 0 Å². The van der Waals surface area contributed by atoms with Gasteiger partial charge < -0.3 is 14.7 Å². The van der Waals surface area contributed by atoms with Gasteiger partial charge in [0.2, 0.25) is 0 Å². The molecule has 0 amide bonds. The van der Waals surface area contributed by atoms with Crippen LogP contribution in [0.5, 0.6) is 0 Å². The van der Waals surface area contributed by atoms with Crippen LogP contribution in [-0.4, -0.2) is 36.9 Å². The molecule has 0 fully saturated rings. The number of phosphoric acid groups is 1. The van der Waals surface area contributed by atoms with E-state index in [0.29, 0.717) is 0 Å². The number of hydrogen-bond acceptors (Lipinski definition) is 4. The summed E-state index contributed by atoms with van der Waals surface area (Å²) in [4.78, 5) is 21.6. The molecule has 5 N–H and O–H groups in total. The van der Waals surface area contributed by atoms with E-state index in [-0.39, 0.29) is 11.8 Å². The van der Waals surface area contributed by atoms with E-state index in [1.54, 1.807) is 6.92 Å². The third kappa shape index (κ3) is 98.6. The Balaban J connectivity index is 0. The quantitative estimate of drug-likeness (QED) is 0.260. The van der Waals surface area contributed by atoms with Crippen molar-refractivity contribution >= 4 is 7.82 Å². The first-order valence-electron chi connectivity index (χ1n) is 2.21. The van der Waals surface area contributed by atoms with Crippen molar-refractivity contribution in [2.75, 3.05) is 6.54 Å². The molecule has 10 heavy (non-hydrogen) atoms. The monoisotopic (exact) mass is 175 g/mol. The SMILES string of the molecule is CCN(O)O.O=P(O)(O)O. The van der Waals surface area contributed by atoms with Crippen LogP contribution < -0.4 is 0 Å². The fourth-order valence-electron chi connectivity index (χ4n) is 0. The first-order valence-corrected chi connectivity index (χ1v) is 3.77. The second-order valence-corrected chi connectivity index (χ2v) is 2.23. The van der Waals surface area contributed by atoms with Gasteiger partial charge in [0.15, 0.2) is 0 Å². The summed E-state index contributed by atoms with van der Waals surface area (Å²) < 4.78 is 8.88. The normalized spacial score (nSPS) is 10.7. The van der Waals surface area contributed by atoms with Gasteiger partial charge in [0.05, 0.1) is 0 Å². The highest BCUT2D eigenvalue weighted by molar-refractivity contribution is 7.45. The van der Waals surface area contributed by atoms with Crippen LogP contribution in [0.4, 0.5) is 0 Å². The molecule has 0 spiro atoms. The van der Waals surface area contributed by atoms with E-state index in [2.05, 4.69) is 0 Å². The average Bonchev–Trinajstić information content (AvgIpc) is 1.61. The lowest BCUT2D eigenvalue weighted by Crippen LogP contribution is -2.10. The molecule has 0 aromatic rings. The molecule has 7 nitrogen and oxygen atoms in total. The van der Waals surface area contributed by atoms with Crippen LogP contribution in [0.25, 0.3) is 0 Å². The molecule has 64 valence electrons. The van der Waals surface area contributed by atoms with E-state index in [9.17, 15) is 0 Å². The molecule has 0 saturated heterocycles. The lowest BCUT2D eigenvalue weighted by atomic mass is 10.8. The Hall–Kier alpha value is -0.0100. The number of nitrogens with zero attached hydrogens (tertiary/aromatic N) is 1. The van der Waals surface area contributed by atoms with Gasteiger partial charge in [0.1, 0.15) is 0 Å². The standard InChI is InChI=1S/C2H7NO2.H3O4P/c1-2-3(4)5;1-5(2,3)4/h4-5H,2H2,1H3;(H3,1,2,3,4). The molecule has 0 aliphatic heterocycles. The minimum absolute atomic E-state index is 0.125. The third-order valence-electron chi connectivity index (χ3n) is 0.283. The summed E-state index contributed by atoms with van der Waals surface area (Å²) >= 11 is 0. The molecule has 0 heterocycles. The van der Waals surface area contributed by atoms with Gasteiger partial charge in [-0.2, -0.15) is 0 Å². The molecule has 0 bridgehead atoms. The zero-order chi connectivity index (χ0) is 8.78. The molecule has 0 radical (unpaired) electrons. The van der Waals surface area contributed by atoms with Gasteiger partial charge >= 0.3 is 7.82 Å². The molecule has 0 aromatic carbocycles. The van der Waals surface area contributed by atoms with E-state index < -0.39 is 7.82 Å². The molecule has 0 aromatic heterocycles. The summed E-state index contributed by atoms with van der Waals surface area (Å²) in [6.07, 6.45) is 0. The lowest BCUT2D eigenvalue weighted by Gasteiger charge is -1.95. The second-order valence-electron chi connectivity index (χ2n) is 1.20. The van der Waals surface area contributed by atoms with Gasteiger partial charge in [0.25, 0.3) is 0 Å². The summed E-state index contributed by atoms with van der Waals surface area (Å²) in [6.45, 7) is 1.88. The first-order chi connectivity index (χ1) is 4.27. The average molecular weight is 175 g/mol. The van der Waals surface area contributed by atoms with E-state index in [1.165, 1.54) is 0 Å². The smallest absolute Gasteiger partial charge is 0.303 e. The summed E-state index contributed by atoms with van der Waals surface area (Å²) in [5.41, 5.74) is 0. The van der Waals surface area contributed by atoms with Gasteiger partial charge in [-0.25, -0.2) is 4.57 Å². The van der Waals surface area contributed by atoms with Crippen molar-refractivity contribution in [1.82, 2.24) is 5.23 Å². The maximum Gasteiger partial charge on any atom is 0.466 e. The molecule has 0 rings (SSSR count). The molecular formula is C2H10NO6P. The number of rotatable bonds is 1. The van der Waals surface area contributed by atoms with Crippen LogP contribution >= 0.6 is 7.82 Å². The molecule has 0 aliphatic rings. The highest BCUT2D eigenvalue weighted by Crippen LogP contribution is 2.25. The van der Waals surface area contributed by atoms with Crippen LogP contribution in [-0.2, 0) is 4.57 Å². The highest BCUT2D eigenvalue weighted by Gasteiger charge is 2.00. The predicted octanol–water partition coefficient (Wildman–Crippen LogP) is -0.842. The van der Waals surface area contributed by atoms with Crippen LogP contribution in [0.1, 0.15) is 6.92 Å². The number of hydroxylamine groups is 2. The van der Waals surface area contributed by atoms with E-state index >= 15 is 0 Å². The Bertz CT molecular complexity index is 100. The Morgan fingerprint density at radius 3 is 1.40 bits per heavy atom. The Morgan fingerprint density at radius 2 is 1.40 bits per heavy atom. The molecule has 0 atom stereocenters. The largest absolute Gasteiger partial charge is 0.466 e. The minimum atomic E-state index is -4.64. The van der Waals surface area contributed by atoms with Crippen LogP contribution in [0.2, 0.25) is 0 Å². The Labute approximate surface area is 57.3 Å². The van der Waals surface area contributed by atoms with E-state index in [4.69, 9.17) is 29.7 Å². The summed E-state index contributed by atoms with van der Waals surface area (Å²) in [7, 11) is -4.64. The molecule has 0 aliphatic carbocycles. The first kappa shape index (κ1) is 12.6. The summed E-state index contributed by atoms with van der Waals surface area (Å²) in [5, 5.41) is 15.6. The molecule has 8 heteroatoms. The van der Waals surface area contributed by atoms with Crippen molar-refractivity contribution in [2.45, 2.75) is 6.92 Å². The maximum atomic E-state index is 8.88. The van der Waals surface area contributed by atoms with Crippen molar-refractivity contribution in [3.05, 3.63) is 0 Å². The topological polar surface area (TPSA) is 121 Å². The van der Waals surface area contributed by atoms with Gasteiger partial charge in [-0.05, 0) is 6.92 Å².